The first kappa shape index (κ1) is 16.2. The quantitative estimate of drug-likeness (QED) is 0.848. The number of aliphatic hydroxyl groups is 1. The van der Waals surface area contributed by atoms with Crippen LogP contribution in [0.1, 0.15) is 10.4 Å². The first-order valence-corrected chi connectivity index (χ1v) is 8.99. The number of likely N-dealkylation sites (N-methyl/N-ethyl adjacent to an activating group) is 1. The van der Waals surface area contributed by atoms with Crippen LogP contribution in [0.3, 0.4) is 0 Å². The smallest absolute Gasteiger partial charge is 0.252 e. The third-order valence-electron chi connectivity index (χ3n) is 3.22. The van der Waals surface area contributed by atoms with E-state index in [1.54, 1.807) is 19.2 Å². The van der Waals surface area contributed by atoms with E-state index in [-0.39, 0.29) is 6.61 Å². The van der Waals surface area contributed by atoms with Gasteiger partial charge in [0.05, 0.1) is 0 Å². The second kappa shape index (κ2) is 7.17. The molecule has 1 aromatic heterocycles. The summed E-state index contributed by atoms with van der Waals surface area (Å²) in [7, 11) is -1.84. The monoisotopic (exact) mass is 325 g/mol. The van der Waals surface area contributed by atoms with Crippen LogP contribution in [0.25, 0.3) is 0 Å². The lowest BCUT2D eigenvalue weighted by molar-refractivity contribution is 0.300. The third-order valence-corrected chi connectivity index (χ3v) is 6.69. The van der Waals surface area contributed by atoms with Gasteiger partial charge in [-0.25, -0.2) is 8.42 Å². The minimum Gasteiger partial charge on any atom is -0.396 e. The van der Waals surface area contributed by atoms with E-state index in [0.29, 0.717) is 23.6 Å². The zero-order valence-electron chi connectivity index (χ0n) is 11.9. The fourth-order valence-electron chi connectivity index (χ4n) is 1.95. The van der Waals surface area contributed by atoms with Crippen molar-refractivity contribution in [3.63, 3.8) is 0 Å². The van der Waals surface area contributed by atoms with Gasteiger partial charge in [0.15, 0.2) is 0 Å². The molecule has 0 amide bonds. The molecule has 2 rings (SSSR count). The average Bonchev–Trinajstić information content (AvgIpc) is 2.95. The molecule has 0 unspecified atom stereocenters. The Balaban J connectivity index is 2.04. The summed E-state index contributed by atoms with van der Waals surface area (Å²) < 4.78 is 26.6. The number of aliphatic hydroxyl groups excluding tert-OH is 1. The van der Waals surface area contributed by atoms with Gasteiger partial charge < -0.3 is 5.11 Å². The molecular formula is C15H19NO3S2. The molecule has 1 heterocycles. The Morgan fingerprint density at radius 2 is 1.81 bits per heavy atom. The Labute approximate surface area is 129 Å². The average molecular weight is 325 g/mol. The van der Waals surface area contributed by atoms with Crippen molar-refractivity contribution in [1.82, 2.24) is 4.31 Å². The standard InChI is InChI=1S/C15H19NO3S2/c1-16(11-9-13-5-3-2-4-6-13)21(18,19)15-8-7-14(20-15)10-12-17/h2-8,17H,9-12H2,1H3. The Morgan fingerprint density at radius 3 is 2.48 bits per heavy atom. The van der Waals surface area contributed by atoms with Gasteiger partial charge in [-0.3, -0.25) is 0 Å². The molecule has 0 fully saturated rings. The highest BCUT2D eigenvalue weighted by Gasteiger charge is 2.22. The summed E-state index contributed by atoms with van der Waals surface area (Å²) in [6.45, 7) is 0.476. The summed E-state index contributed by atoms with van der Waals surface area (Å²) in [6.07, 6.45) is 1.18. The molecule has 0 atom stereocenters. The van der Waals surface area contributed by atoms with Crippen LogP contribution in [0.4, 0.5) is 0 Å². The lowest BCUT2D eigenvalue weighted by Gasteiger charge is -2.15. The SMILES string of the molecule is CN(CCc1ccccc1)S(=O)(=O)c1ccc(CCO)s1. The summed E-state index contributed by atoms with van der Waals surface area (Å²) in [5, 5.41) is 8.90. The molecular weight excluding hydrogens is 306 g/mol. The maximum atomic E-state index is 12.4. The number of hydrogen-bond donors (Lipinski definition) is 1. The normalized spacial score (nSPS) is 12.0. The van der Waals surface area contributed by atoms with E-state index in [1.807, 2.05) is 30.3 Å². The third kappa shape index (κ3) is 4.14. The minimum atomic E-state index is -3.44. The molecule has 0 saturated heterocycles. The van der Waals surface area contributed by atoms with Gasteiger partial charge in [0, 0.05) is 31.5 Å². The van der Waals surface area contributed by atoms with Crippen molar-refractivity contribution in [3.05, 3.63) is 52.9 Å². The van der Waals surface area contributed by atoms with E-state index < -0.39 is 10.0 Å². The highest BCUT2D eigenvalue weighted by Crippen LogP contribution is 2.24. The van der Waals surface area contributed by atoms with Crippen molar-refractivity contribution in [1.29, 1.82) is 0 Å². The maximum absolute atomic E-state index is 12.4. The summed E-state index contributed by atoms with van der Waals surface area (Å²) in [6, 6.07) is 13.2. The van der Waals surface area contributed by atoms with Crippen LogP contribution in [0.5, 0.6) is 0 Å². The Kier molecular flexibility index (Phi) is 5.52. The maximum Gasteiger partial charge on any atom is 0.252 e. The number of sulfonamides is 1. The number of thiophene rings is 1. The predicted octanol–water partition coefficient (Wildman–Crippen LogP) is 2.15. The van der Waals surface area contributed by atoms with Gasteiger partial charge in [-0.2, -0.15) is 4.31 Å². The number of rotatable bonds is 7. The van der Waals surface area contributed by atoms with Crippen molar-refractivity contribution in [3.8, 4) is 0 Å². The molecule has 6 heteroatoms. The van der Waals surface area contributed by atoms with Crippen molar-refractivity contribution < 1.29 is 13.5 Å². The lowest BCUT2D eigenvalue weighted by Crippen LogP contribution is -2.28. The number of hydrogen-bond acceptors (Lipinski definition) is 4. The van der Waals surface area contributed by atoms with Gasteiger partial charge >= 0.3 is 0 Å². The van der Waals surface area contributed by atoms with E-state index in [2.05, 4.69) is 0 Å². The Hall–Kier alpha value is -1.21. The van der Waals surface area contributed by atoms with Crippen molar-refractivity contribution >= 4 is 21.4 Å². The van der Waals surface area contributed by atoms with Crippen molar-refractivity contribution in [2.45, 2.75) is 17.1 Å². The molecule has 0 spiro atoms. The highest BCUT2D eigenvalue weighted by atomic mass is 32.2. The zero-order chi connectivity index (χ0) is 15.3. The second-order valence-corrected chi connectivity index (χ2v) is 8.20. The fourth-order valence-corrected chi connectivity index (χ4v) is 4.67. The fraction of sp³-hybridized carbons (Fsp3) is 0.333. The molecule has 0 aliphatic heterocycles. The van der Waals surface area contributed by atoms with Gasteiger partial charge in [-0.05, 0) is 24.1 Å². The molecule has 0 aliphatic rings. The summed E-state index contributed by atoms with van der Waals surface area (Å²) in [5.41, 5.74) is 1.12. The summed E-state index contributed by atoms with van der Waals surface area (Å²) in [4.78, 5) is 0.882. The predicted molar refractivity (Wildman–Crippen MR) is 85.1 cm³/mol. The molecule has 0 radical (unpaired) electrons. The molecule has 114 valence electrons. The van der Waals surface area contributed by atoms with E-state index in [4.69, 9.17) is 5.11 Å². The second-order valence-electron chi connectivity index (χ2n) is 4.76. The molecule has 2 aromatic rings. The molecule has 1 N–H and O–H groups in total. The Morgan fingerprint density at radius 1 is 1.10 bits per heavy atom. The summed E-state index contributed by atoms with van der Waals surface area (Å²) in [5.74, 6) is 0. The molecule has 4 nitrogen and oxygen atoms in total. The number of nitrogens with zero attached hydrogens (tertiary/aromatic N) is 1. The van der Waals surface area contributed by atoms with Gasteiger partial charge in [0.1, 0.15) is 4.21 Å². The van der Waals surface area contributed by atoms with Crippen LogP contribution in [-0.2, 0) is 22.9 Å². The first-order chi connectivity index (χ1) is 10.0. The van der Waals surface area contributed by atoms with Crippen LogP contribution in [0.2, 0.25) is 0 Å². The van der Waals surface area contributed by atoms with Crippen LogP contribution in [0, 0.1) is 0 Å². The summed E-state index contributed by atoms with van der Waals surface area (Å²) >= 11 is 1.22. The van der Waals surface area contributed by atoms with Crippen LogP contribution >= 0.6 is 11.3 Å². The van der Waals surface area contributed by atoms with Crippen molar-refractivity contribution in [2.75, 3.05) is 20.2 Å². The molecule has 21 heavy (non-hydrogen) atoms. The van der Waals surface area contributed by atoms with E-state index in [0.717, 1.165) is 10.4 Å². The first-order valence-electron chi connectivity index (χ1n) is 6.74. The van der Waals surface area contributed by atoms with E-state index >= 15 is 0 Å². The topological polar surface area (TPSA) is 57.6 Å². The highest BCUT2D eigenvalue weighted by molar-refractivity contribution is 7.91. The van der Waals surface area contributed by atoms with Gasteiger partial charge in [0.2, 0.25) is 0 Å². The van der Waals surface area contributed by atoms with Gasteiger partial charge in [0.25, 0.3) is 10.0 Å². The minimum absolute atomic E-state index is 0.0316. The van der Waals surface area contributed by atoms with E-state index in [1.165, 1.54) is 15.6 Å². The van der Waals surface area contributed by atoms with Crippen LogP contribution < -0.4 is 0 Å². The largest absolute Gasteiger partial charge is 0.396 e. The van der Waals surface area contributed by atoms with Gasteiger partial charge in [-0.15, -0.1) is 11.3 Å². The molecule has 0 saturated carbocycles. The van der Waals surface area contributed by atoms with Crippen LogP contribution in [0.15, 0.2) is 46.7 Å². The molecule has 0 aliphatic carbocycles. The molecule has 0 bridgehead atoms. The Bertz CT molecular complexity index is 665. The lowest BCUT2D eigenvalue weighted by atomic mass is 10.2. The van der Waals surface area contributed by atoms with Crippen molar-refractivity contribution in [2.24, 2.45) is 0 Å². The van der Waals surface area contributed by atoms with E-state index in [9.17, 15) is 8.42 Å². The van der Waals surface area contributed by atoms with Gasteiger partial charge in [-0.1, -0.05) is 30.3 Å². The molecule has 1 aromatic carbocycles. The van der Waals surface area contributed by atoms with Crippen LogP contribution in [-0.4, -0.2) is 38.0 Å². The number of benzene rings is 1. The zero-order valence-corrected chi connectivity index (χ0v) is 13.5.